The van der Waals surface area contributed by atoms with Crippen LogP contribution in [-0.2, 0) is 0 Å². The van der Waals surface area contributed by atoms with Crippen molar-refractivity contribution in [3.63, 3.8) is 0 Å². The summed E-state index contributed by atoms with van der Waals surface area (Å²) in [6.07, 6.45) is -7.60. The minimum atomic E-state index is -4.44. The van der Waals surface area contributed by atoms with E-state index in [-0.39, 0.29) is 42.2 Å². The Morgan fingerprint density at radius 1 is 1.18 bits per heavy atom. The van der Waals surface area contributed by atoms with E-state index in [1.54, 1.807) is 32.0 Å². The number of halogens is 5. The second-order valence-electron chi connectivity index (χ2n) is 8.32. The van der Waals surface area contributed by atoms with Gasteiger partial charge in [-0.1, -0.05) is 5.10 Å². The van der Waals surface area contributed by atoms with Gasteiger partial charge in [0.25, 0.3) is 12.3 Å². The number of aromatic nitrogens is 5. The van der Waals surface area contributed by atoms with E-state index in [9.17, 15) is 27.1 Å². The van der Waals surface area contributed by atoms with Crippen molar-refractivity contribution in [2.45, 2.75) is 44.0 Å². The molecule has 0 radical (unpaired) electrons. The van der Waals surface area contributed by atoms with Crippen LogP contribution in [0.15, 0.2) is 10.5 Å². The third-order valence-electron chi connectivity index (χ3n) is 5.27. The monoisotopic (exact) mass is 488 g/mol. The quantitative estimate of drug-likeness (QED) is 0.428. The van der Waals surface area contributed by atoms with Crippen LogP contribution in [0, 0.1) is 6.92 Å². The van der Waals surface area contributed by atoms with Crippen LogP contribution in [0.5, 0.6) is 0 Å². The highest BCUT2D eigenvalue weighted by Crippen LogP contribution is 2.39. The molecule has 0 unspecified atom stereocenters. The topological polar surface area (TPSA) is 125 Å². The molecule has 3 aromatic rings. The van der Waals surface area contributed by atoms with Gasteiger partial charge in [0, 0.05) is 33.0 Å². The number of rotatable bonds is 7. The van der Waals surface area contributed by atoms with Crippen LogP contribution in [0.25, 0.3) is 22.6 Å². The number of hydrogen-bond donors (Lipinski definition) is 3. The SMILES string of the molecule is Cc1cc(-c2nnc(NC3CC(O)(C(F)F)C3)o2)nc2c(N(C)C)nc(NCC(F)(F)F)nc12. The van der Waals surface area contributed by atoms with Crippen molar-refractivity contribution in [3.8, 4) is 11.6 Å². The van der Waals surface area contributed by atoms with E-state index in [1.165, 1.54) is 0 Å². The molecule has 15 heteroatoms. The van der Waals surface area contributed by atoms with Gasteiger partial charge in [0.05, 0.1) is 5.52 Å². The lowest BCUT2D eigenvalue weighted by molar-refractivity contribution is -0.148. The molecule has 184 valence electrons. The smallest absolute Gasteiger partial charge is 0.402 e. The Kier molecular flexibility index (Phi) is 5.91. The van der Waals surface area contributed by atoms with Gasteiger partial charge in [-0.15, -0.1) is 5.10 Å². The van der Waals surface area contributed by atoms with Crippen molar-refractivity contribution in [2.24, 2.45) is 0 Å². The van der Waals surface area contributed by atoms with E-state index in [4.69, 9.17) is 4.42 Å². The summed E-state index contributed by atoms with van der Waals surface area (Å²) in [6, 6.07) is 1.11. The fraction of sp³-hybridized carbons (Fsp3) is 0.526. The number of aliphatic hydroxyl groups is 1. The number of nitrogens with zero attached hydrogens (tertiary/aromatic N) is 6. The van der Waals surface area contributed by atoms with Crippen molar-refractivity contribution < 1.29 is 31.5 Å². The van der Waals surface area contributed by atoms with Crippen LogP contribution >= 0.6 is 0 Å². The lowest BCUT2D eigenvalue weighted by Crippen LogP contribution is -2.55. The minimum absolute atomic E-state index is 0.0216. The summed E-state index contributed by atoms with van der Waals surface area (Å²) < 4.78 is 68.9. The van der Waals surface area contributed by atoms with Crippen molar-refractivity contribution in [3.05, 3.63) is 11.6 Å². The number of anilines is 3. The molecule has 0 spiro atoms. The third kappa shape index (κ3) is 4.78. The van der Waals surface area contributed by atoms with E-state index >= 15 is 0 Å². The minimum Gasteiger partial charge on any atom is -0.402 e. The Morgan fingerprint density at radius 3 is 2.50 bits per heavy atom. The fourth-order valence-corrected chi connectivity index (χ4v) is 3.56. The Morgan fingerprint density at radius 2 is 1.88 bits per heavy atom. The zero-order valence-corrected chi connectivity index (χ0v) is 18.3. The molecule has 1 saturated carbocycles. The van der Waals surface area contributed by atoms with Crippen molar-refractivity contribution >= 4 is 28.8 Å². The summed E-state index contributed by atoms with van der Waals surface area (Å²) in [5, 5.41) is 22.4. The molecule has 1 aliphatic rings. The van der Waals surface area contributed by atoms with E-state index in [0.29, 0.717) is 16.6 Å². The van der Waals surface area contributed by atoms with Gasteiger partial charge >= 0.3 is 12.2 Å². The molecule has 0 amide bonds. The number of nitrogens with one attached hydrogen (secondary N) is 2. The van der Waals surface area contributed by atoms with E-state index in [0.717, 1.165) is 0 Å². The summed E-state index contributed by atoms with van der Waals surface area (Å²) >= 11 is 0. The van der Waals surface area contributed by atoms with E-state index < -0.39 is 30.8 Å². The number of fused-ring (bicyclic) bond motifs is 1. The average Bonchev–Trinajstić information content (AvgIpc) is 3.18. The highest BCUT2D eigenvalue weighted by molar-refractivity contribution is 5.90. The predicted molar refractivity (Wildman–Crippen MR) is 112 cm³/mol. The molecule has 1 fully saturated rings. The van der Waals surface area contributed by atoms with Crippen molar-refractivity contribution in [2.75, 3.05) is 36.2 Å². The standard InChI is InChI=1S/C19H21F5N8O2/c1-8-4-10(14-30-31-17(34-14)26-9-5-18(33,6-9)15(20)21)27-12-11(8)28-16(25-7-19(22,23)24)29-13(12)32(2)3/h4,9,15,33H,5-7H2,1-3H3,(H,26,31)(H,25,28,29). The largest absolute Gasteiger partial charge is 0.405 e. The first-order valence-electron chi connectivity index (χ1n) is 10.1. The predicted octanol–water partition coefficient (Wildman–Crippen LogP) is 2.99. The summed E-state index contributed by atoms with van der Waals surface area (Å²) in [5.74, 6) is 0.109. The summed E-state index contributed by atoms with van der Waals surface area (Å²) in [5.41, 5.74) is -0.523. The maximum Gasteiger partial charge on any atom is 0.405 e. The molecule has 3 N–H and O–H groups in total. The molecule has 0 bridgehead atoms. The van der Waals surface area contributed by atoms with Gasteiger partial charge < -0.3 is 25.1 Å². The van der Waals surface area contributed by atoms with Crippen LogP contribution in [0.2, 0.25) is 0 Å². The molecule has 0 saturated heterocycles. The van der Waals surface area contributed by atoms with Crippen LogP contribution in [0.1, 0.15) is 18.4 Å². The fourth-order valence-electron chi connectivity index (χ4n) is 3.56. The van der Waals surface area contributed by atoms with Gasteiger partial charge in [0.15, 0.2) is 5.82 Å². The number of hydrogen-bond acceptors (Lipinski definition) is 10. The third-order valence-corrected chi connectivity index (χ3v) is 5.27. The lowest BCUT2D eigenvalue weighted by Gasteiger charge is -2.42. The van der Waals surface area contributed by atoms with Crippen LogP contribution in [-0.4, -0.2) is 75.1 Å². The molecule has 1 aliphatic carbocycles. The number of pyridine rings is 1. The van der Waals surface area contributed by atoms with Gasteiger partial charge in [-0.2, -0.15) is 18.2 Å². The Bertz CT molecular complexity index is 1190. The number of aryl methyl sites for hydroxylation is 1. The van der Waals surface area contributed by atoms with Gasteiger partial charge in [-0.25, -0.2) is 18.7 Å². The van der Waals surface area contributed by atoms with Gasteiger partial charge in [0.2, 0.25) is 5.95 Å². The van der Waals surface area contributed by atoms with Crippen LogP contribution < -0.4 is 15.5 Å². The summed E-state index contributed by atoms with van der Waals surface area (Å²) in [6.45, 7) is 0.409. The van der Waals surface area contributed by atoms with E-state index in [2.05, 4.69) is 35.8 Å². The zero-order valence-electron chi connectivity index (χ0n) is 18.3. The Balaban J connectivity index is 1.60. The van der Waals surface area contributed by atoms with Crippen LogP contribution in [0.3, 0.4) is 0 Å². The molecule has 3 heterocycles. The second kappa shape index (κ2) is 8.45. The van der Waals surface area contributed by atoms with Gasteiger partial charge in [-0.3, -0.25) is 0 Å². The maximum atomic E-state index is 12.8. The molecule has 10 nitrogen and oxygen atoms in total. The molecule has 3 aromatic heterocycles. The summed E-state index contributed by atoms with van der Waals surface area (Å²) in [4.78, 5) is 14.4. The second-order valence-corrected chi connectivity index (χ2v) is 8.32. The normalized spacial score (nSPS) is 20.5. The molecule has 0 aromatic carbocycles. The Labute approximate surface area is 189 Å². The van der Waals surface area contributed by atoms with Gasteiger partial charge in [0.1, 0.15) is 23.4 Å². The van der Waals surface area contributed by atoms with E-state index in [1.807, 2.05) is 0 Å². The van der Waals surface area contributed by atoms with Crippen molar-refractivity contribution in [1.29, 1.82) is 0 Å². The maximum absolute atomic E-state index is 12.8. The number of alkyl halides is 5. The first kappa shape index (κ1) is 23.8. The molecular weight excluding hydrogens is 467 g/mol. The lowest BCUT2D eigenvalue weighted by atomic mass is 9.76. The van der Waals surface area contributed by atoms with Crippen molar-refractivity contribution in [1.82, 2.24) is 25.1 Å². The molecular formula is C19H21F5N8O2. The highest BCUT2D eigenvalue weighted by atomic mass is 19.4. The zero-order chi connectivity index (χ0) is 24.8. The molecule has 34 heavy (non-hydrogen) atoms. The highest BCUT2D eigenvalue weighted by Gasteiger charge is 2.50. The summed E-state index contributed by atoms with van der Waals surface area (Å²) in [7, 11) is 3.32. The van der Waals surface area contributed by atoms with Crippen LogP contribution in [0.4, 0.5) is 39.7 Å². The average molecular weight is 488 g/mol. The van der Waals surface area contributed by atoms with Gasteiger partial charge in [-0.05, 0) is 18.6 Å². The first-order chi connectivity index (χ1) is 15.8. The molecule has 0 atom stereocenters. The Hall–Kier alpha value is -3.36. The first-order valence-corrected chi connectivity index (χ1v) is 10.1. The molecule has 0 aliphatic heterocycles. The molecule has 4 rings (SSSR count).